The summed E-state index contributed by atoms with van der Waals surface area (Å²) in [6.07, 6.45) is 3.23. The lowest BCUT2D eigenvalue weighted by Crippen LogP contribution is -2.34. The molecule has 8 heteroatoms. The lowest BCUT2D eigenvalue weighted by Gasteiger charge is -2.13. The van der Waals surface area contributed by atoms with Crippen molar-refractivity contribution in [1.29, 1.82) is 0 Å². The Labute approximate surface area is 154 Å². The number of hydrogen-bond acceptors (Lipinski definition) is 6. The monoisotopic (exact) mass is 369 g/mol. The fourth-order valence-corrected chi connectivity index (χ4v) is 3.68. The summed E-state index contributed by atoms with van der Waals surface area (Å²) in [6.45, 7) is 1.72. The molecule has 2 atom stereocenters. The fourth-order valence-electron chi connectivity index (χ4n) is 2.91. The third kappa shape index (κ3) is 3.52. The molecule has 0 aliphatic carbocycles. The second kappa shape index (κ2) is 7.36. The standard InChI is InChI=1S/C18H19N5O2S/c24-16-9-19-6-12(16)7-20-17(25)15-11-26-18(22-15)13-8-21-23(10-13)14-4-2-1-3-5-14/h1-5,8,10-12,16,19,24H,6-7,9H2,(H,20,25). The van der Waals surface area contributed by atoms with Gasteiger partial charge in [0.15, 0.2) is 0 Å². The van der Waals surface area contributed by atoms with Crippen molar-refractivity contribution in [2.75, 3.05) is 19.6 Å². The molecule has 2 aromatic heterocycles. The first-order chi connectivity index (χ1) is 12.7. The van der Waals surface area contributed by atoms with Gasteiger partial charge in [-0.15, -0.1) is 11.3 Å². The molecule has 3 heterocycles. The van der Waals surface area contributed by atoms with E-state index >= 15 is 0 Å². The Morgan fingerprint density at radius 3 is 2.96 bits per heavy atom. The van der Waals surface area contributed by atoms with Crippen LogP contribution in [-0.4, -0.2) is 51.5 Å². The molecule has 2 unspecified atom stereocenters. The number of aromatic nitrogens is 3. The smallest absolute Gasteiger partial charge is 0.270 e. The van der Waals surface area contributed by atoms with Gasteiger partial charge >= 0.3 is 0 Å². The average Bonchev–Trinajstić information content (AvgIpc) is 3.41. The number of thiazole rings is 1. The van der Waals surface area contributed by atoms with Gasteiger partial charge in [-0.2, -0.15) is 5.10 Å². The topological polar surface area (TPSA) is 92.1 Å². The lowest BCUT2D eigenvalue weighted by atomic mass is 10.1. The van der Waals surface area contributed by atoms with E-state index in [2.05, 4.69) is 20.7 Å². The quantitative estimate of drug-likeness (QED) is 0.631. The minimum Gasteiger partial charge on any atom is -0.391 e. The molecular formula is C18H19N5O2S. The van der Waals surface area contributed by atoms with Gasteiger partial charge in [-0.1, -0.05) is 18.2 Å². The van der Waals surface area contributed by atoms with Gasteiger partial charge in [0.25, 0.3) is 5.91 Å². The number of aliphatic hydroxyl groups is 1. The van der Waals surface area contributed by atoms with Crippen LogP contribution >= 0.6 is 11.3 Å². The predicted molar refractivity (Wildman–Crippen MR) is 99.4 cm³/mol. The maximum Gasteiger partial charge on any atom is 0.270 e. The average molecular weight is 369 g/mol. The number of rotatable bonds is 5. The molecule has 1 aromatic carbocycles. The number of benzene rings is 1. The molecule has 0 radical (unpaired) electrons. The maximum atomic E-state index is 12.3. The zero-order chi connectivity index (χ0) is 17.9. The van der Waals surface area contributed by atoms with E-state index in [4.69, 9.17) is 0 Å². The van der Waals surface area contributed by atoms with Gasteiger partial charge in [0.05, 0.1) is 18.0 Å². The van der Waals surface area contributed by atoms with E-state index in [0.717, 1.165) is 16.3 Å². The first-order valence-electron chi connectivity index (χ1n) is 8.43. The number of aliphatic hydroxyl groups excluding tert-OH is 1. The molecule has 1 fully saturated rings. The summed E-state index contributed by atoms with van der Waals surface area (Å²) in [6, 6.07) is 9.83. The van der Waals surface area contributed by atoms with Crippen molar-refractivity contribution in [2.45, 2.75) is 6.10 Å². The van der Waals surface area contributed by atoms with Gasteiger partial charge in [-0.3, -0.25) is 4.79 Å². The Bertz CT molecular complexity index is 892. The second-order valence-corrected chi connectivity index (χ2v) is 7.10. The van der Waals surface area contributed by atoms with Crippen LogP contribution in [-0.2, 0) is 0 Å². The number of amides is 1. The minimum absolute atomic E-state index is 0.0427. The molecule has 134 valence electrons. The first-order valence-corrected chi connectivity index (χ1v) is 9.31. The zero-order valence-corrected chi connectivity index (χ0v) is 14.8. The number of β-amino-alcohol motifs (C(OH)–C–C–N with tert-alkyl or cyclic N) is 1. The van der Waals surface area contributed by atoms with E-state index in [1.807, 2.05) is 36.5 Å². The van der Waals surface area contributed by atoms with Crippen molar-refractivity contribution in [3.8, 4) is 16.3 Å². The summed E-state index contributed by atoms with van der Waals surface area (Å²) in [7, 11) is 0. The molecule has 4 rings (SSSR count). The highest BCUT2D eigenvalue weighted by Crippen LogP contribution is 2.24. The number of nitrogens with one attached hydrogen (secondary N) is 2. The fraction of sp³-hybridized carbons (Fsp3) is 0.278. The number of para-hydroxylation sites is 1. The van der Waals surface area contributed by atoms with Crippen molar-refractivity contribution in [3.63, 3.8) is 0 Å². The number of nitrogens with zero attached hydrogens (tertiary/aromatic N) is 3. The Hall–Kier alpha value is -2.55. The number of carbonyl (C=O) groups excluding carboxylic acids is 1. The summed E-state index contributed by atoms with van der Waals surface area (Å²) in [5.41, 5.74) is 2.23. The van der Waals surface area contributed by atoms with Gasteiger partial charge < -0.3 is 15.7 Å². The molecule has 1 amide bonds. The Morgan fingerprint density at radius 2 is 2.19 bits per heavy atom. The van der Waals surface area contributed by atoms with Crippen LogP contribution in [0.1, 0.15) is 10.5 Å². The summed E-state index contributed by atoms with van der Waals surface area (Å²) >= 11 is 1.41. The molecular weight excluding hydrogens is 350 g/mol. The van der Waals surface area contributed by atoms with E-state index in [9.17, 15) is 9.90 Å². The van der Waals surface area contributed by atoms with Gasteiger partial charge in [-0.05, 0) is 12.1 Å². The SMILES string of the molecule is O=C(NCC1CNCC1O)c1csc(-c2cnn(-c3ccccc3)c2)n1. The molecule has 0 spiro atoms. The summed E-state index contributed by atoms with van der Waals surface area (Å²) in [5, 5.41) is 22.6. The number of carbonyl (C=O) groups is 1. The van der Waals surface area contributed by atoms with E-state index in [-0.39, 0.29) is 11.8 Å². The van der Waals surface area contributed by atoms with E-state index in [1.54, 1.807) is 16.3 Å². The third-order valence-electron chi connectivity index (χ3n) is 4.42. The maximum absolute atomic E-state index is 12.3. The molecule has 26 heavy (non-hydrogen) atoms. The van der Waals surface area contributed by atoms with Crippen LogP contribution in [0.4, 0.5) is 0 Å². The van der Waals surface area contributed by atoms with Gasteiger partial charge in [0.1, 0.15) is 10.7 Å². The van der Waals surface area contributed by atoms with Crippen LogP contribution in [0, 0.1) is 5.92 Å². The van der Waals surface area contributed by atoms with E-state index in [0.29, 0.717) is 25.3 Å². The molecule has 0 saturated carbocycles. The highest BCUT2D eigenvalue weighted by Gasteiger charge is 2.25. The van der Waals surface area contributed by atoms with Crippen molar-refractivity contribution in [1.82, 2.24) is 25.4 Å². The highest BCUT2D eigenvalue weighted by molar-refractivity contribution is 7.13. The van der Waals surface area contributed by atoms with Gasteiger partial charge in [0, 0.05) is 42.7 Å². The van der Waals surface area contributed by atoms with Crippen molar-refractivity contribution >= 4 is 17.2 Å². The highest BCUT2D eigenvalue weighted by atomic mass is 32.1. The Kier molecular flexibility index (Phi) is 4.79. The molecule has 3 aromatic rings. The van der Waals surface area contributed by atoms with Gasteiger partial charge in [-0.25, -0.2) is 9.67 Å². The van der Waals surface area contributed by atoms with Crippen LogP contribution in [0.2, 0.25) is 0 Å². The first kappa shape index (κ1) is 16.9. The number of hydrogen-bond donors (Lipinski definition) is 3. The minimum atomic E-state index is -0.412. The van der Waals surface area contributed by atoms with Crippen molar-refractivity contribution < 1.29 is 9.90 Å². The van der Waals surface area contributed by atoms with Crippen LogP contribution in [0.15, 0.2) is 48.1 Å². The molecule has 1 aliphatic rings. The van der Waals surface area contributed by atoms with Gasteiger partial charge in [0.2, 0.25) is 0 Å². The molecule has 1 saturated heterocycles. The summed E-state index contributed by atoms with van der Waals surface area (Å²) in [4.78, 5) is 16.7. The van der Waals surface area contributed by atoms with Crippen LogP contribution < -0.4 is 10.6 Å². The van der Waals surface area contributed by atoms with Crippen molar-refractivity contribution in [2.24, 2.45) is 5.92 Å². The molecule has 3 N–H and O–H groups in total. The molecule has 0 bridgehead atoms. The zero-order valence-electron chi connectivity index (χ0n) is 14.0. The van der Waals surface area contributed by atoms with Crippen LogP contribution in [0.3, 0.4) is 0 Å². The second-order valence-electron chi connectivity index (χ2n) is 6.24. The summed E-state index contributed by atoms with van der Waals surface area (Å²) in [5.74, 6) is -0.178. The largest absolute Gasteiger partial charge is 0.391 e. The van der Waals surface area contributed by atoms with E-state index in [1.165, 1.54) is 11.3 Å². The summed E-state index contributed by atoms with van der Waals surface area (Å²) < 4.78 is 1.78. The lowest BCUT2D eigenvalue weighted by molar-refractivity contribution is 0.0923. The normalized spacial score (nSPS) is 19.6. The predicted octanol–water partition coefficient (Wildman–Crippen LogP) is 1.31. The molecule has 1 aliphatic heterocycles. The van der Waals surface area contributed by atoms with Crippen LogP contribution in [0.25, 0.3) is 16.3 Å². The van der Waals surface area contributed by atoms with E-state index < -0.39 is 6.10 Å². The molecule has 7 nitrogen and oxygen atoms in total. The third-order valence-corrected chi connectivity index (χ3v) is 5.31. The van der Waals surface area contributed by atoms with Crippen LogP contribution in [0.5, 0.6) is 0 Å². The Morgan fingerprint density at radius 1 is 1.35 bits per heavy atom. The van der Waals surface area contributed by atoms with Crippen molar-refractivity contribution in [3.05, 3.63) is 53.8 Å². The Balaban J connectivity index is 1.43.